The maximum atomic E-state index is 13.2. The third-order valence-corrected chi connectivity index (χ3v) is 5.97. The van der Waals surface area contributed by atoms with Crippen molar-refractivity contribution in [3.63, 3.8) is 0 Å². The predicted octanol–water partition coefficient (Wildman–Crippen LogP) is 4.96. The van der Waals surface area contributed by atoms with Crippen LogP contribution < -0.4 is 11.0 Å². The maximum Gasteiger partial charge on any atom is 0.417 e. The average Bonchev–Trinajstić information content (AvgIpc) is 2.83. The van der Waals surface area contributed by atoms with E-state index in [1.165, 1.54) is 22.8 Å². The Balaban J connectivity index is 1.55. The summed E-state index contributed by atoms with van der Waals surface area (Å²) in [5, 5.41) is 4.40. The van der Waals surface area contributed by atoms with Crippen molar-refractivity contribution in [1.29, 1.82) is 0 Å². The Bertz CT molecular complexity index is 1460. The van der Waals surface area contributed by atoms with Gasteiger partial charge in [-0.2, -0.15) is 18.3 Å². The lowest BCUT2D eigenvalue weighted by Crippen LogP contribution is -2.24. The zero-order valence-electron chi connectivity index (χ0n) is 18.4. The van der Waals surface area contributed by atoms with E-state index in [9.17, 15) is 22.8 Å². The van der Waals surface area contributed by atoms with Crippen molar-refractivity contribution in [1.82, 2.24) is 15.0 Å². The molecule has 0 saturated heterocycles. The SMILES string of the molecule is Cc1ccc(-n2c(SCC(=O)NN=Cc3ccccc3C(F)(F)F)nc3ccccc3c2=O)cc1. The third-order valence-electron chi connectivity index (χ3n) is 5.03. The quantitative estimate of drug-likeness (QED) is 0.177. The van der Waals surface area contributed by atoms with Gasteiger partial charge < -0.3 is 0 Å². The zero-order chi connectivity index (χ0) is 25.0. The number of amides is 1. The topological polar surface area (TPSA) is 76.3 Å². The van der Waals surface area contributed by atoms with E-state index in [2.05, 4.69) is 15.5 Å². The number of carbonyl (C=O) groups is 1. The van der Waals surface area contributed by atoms with Gasteiger partial charge in [-0.1, -0.05) is 59.8 Å². The number of para-hydroxylation sites is 1. The molecule has 6 nitrogen and oxygen atoms in total. The van der Waals surface area contributed by atoms with Crippen LogP contribution in [0.1, 0.15) is 16.7 Å². The summed E-state index contributed by atoms with van der Waals surface area (Å²) in [6.45, 7) is 1.93. The zero-order valence-corrected chi connectivity index (χ0v) is 19.2. The lowest BCUT2D eigenvalue weighted by atomic mass is 10.1. The molecule has 4 aromatic rings. The van der Waals surface area contributed by atoms with Crippen molar-refractivity contribution in [2.24, 2.45) is 5.10 Å². The van der Waals surface area contributed by atoms with Crippen LogP contribution in [0.25, 0.3) is 16.6 Å². The van der Waals surface area contributed by atoms with Crippen LogP contribution in [0.5, 0.6) is 0 Å². The van der Waals surface area contributed by atoms with E-state index in [0.29, 0.717) is 21.7 Å². The van der Waals surface area contributed by atoms with Gasteiger partial charge in [0.15, 0.2) is 5.16 Å². The van der Waals surface area contributed by atoms with Crippen LogP contribution in [0.4, 0.5) is 13.2 Å². The van der Waals surface area contributed by atoms with Gasteiger partial charge in [0.25, 0.3) is 11.5 Å². The Morgan fingerprint density at radius 2 is 1.74 bits per heavy atom. The Morgan fingerprint density at radius 1 is 1.06 bits per heavy atom. The molecule has 3 aromatic carbocycles. The van der Waals surface area contributed by atoms with Crippen LogP contribution in [0.3, 0.4) is 0 Å². The number of hydrogen-bond acceptors (Lipinski definition) is 5. The van der Waals surface area contributed by atoms with Crippen LogP contribution in [0.2, 0.25) is 0 Å². The second kappa shape index (κ2) is 10.1. The van der Waals surface area contributed by atoms with Gasteiger partial charge >= 0.3 is 6.18 Å². The Morgan fingerprint density at radius 3 is 2.49 bits per heavy atom. The van der Waals surface area contributed by atoms with Gasteiger partial charge in [-0.25, -0.2) is 10.4 Å². The molecule has 178 valence electrons. The van der Waals surface area contributed by atoms with E-state index in [0.717, 1.165) is 29.6 Å². The first-order valence-corrected chi connectivity index (χ1v) is 11.4. The molecule has 0 radical (unpaired) electrons. The van der Waals surface area contributed by atoms with Crippen LogP contribution in [-0.2, 0) is 11.0 Å². The van der Waals surface area contributed by atoms with E-state index < -0.39 is 17.6 Å². The van der Waals surface area contributed by atoms with Gasteiger partial charge in [-0.3, -0.25) is 14.2 Å². The highest BCUT2D eigenvalue weighted by Gasteiger charge is 2.32. The molecule has 1 heterocycles. The number of thioether (sulfide) groups is 1. The standard InChI is InChI=1S/C25H19F3N4O2S/c1-16-10-12-18(13-11-16)32-23(34)19-7-3-5-9-21(19)30-24(32)35-15-22(33)31-29-14-17-6-2-4-8-20(17)25(26,27)28/h2-14H,15H2,1H3,(H,31,33). The highest BCUT2D eigenvalue weighted by atomic mass is 32.2. The molecule has 0 aliphatic heterocycles. The predicted molar refractivity (Wildman–Crippen MR) is 130 cm³/mol. The van der Waals surface area contributed by atoms with E-state index >= 15 is 0 Å². The third kappa shape index (κ3) is 5.60. The fourth-order valence-electron chi connectivity index (χ4n) is 3.33. The summed E-state index contributed by atoms with van der Waals surface area (Å²) in [6.07, 6.45) is -3.59. The molecule has 35 heavy (non-hydrogen) atoms. The Kier molecular flexibility index (Phi) is 7.02. The molecule has 0 unspecified atom stereocenters. The number of nitrogens with zero attached hydrogens (tertiary/aromatic N) is 3. The molecule has 0 aliphatic carbocycles. The number of fused-ring (bicyclic) bond motifs is 1. The molecule has 10 heteroatoms. The van der Waals surface area contributed by atoms with Crippen molar-refractivity contribution in [2.75, 3.05) is 5.75 Å². The van der Waals surface area contributed by atoms with Gasteiger partial charge in [-0.05, 0) is 37.3 Å². The number of aryl methyl sites for hydroxylation is 1. The second-order valence-electron chi connectivity index (χ2n) is 7.55. The number of halogens is 3. The maximum absolute atomic E-state index is 13.2. The molecule has 0 bridgehead atoms. The molecular formula is C25H19F3N4O2S. The van der Waals surface area contributed by atoms with Gasteiger partial charge in [0.2, 0.25) is 0 Å². The van der Waals surface area contributed by atoms with Crippen molar-refractivity contribution < 1.29 is 18.0 Å². The second-order valence-corrected chi connectivity index (χ2v) is 8.50. The molecule has 1 aromatic heterocycles. The van der Waals surface area contributed by atoms with Crippen molar-refractivity contribution >= 4 is 34.8 Å². The lowest BCUT2D eigenvalue weighted by molar-refractivity contribution is -0.137. The largest absolute Gasteiger partial charge is 0.417 e. The fourth-order valence-corrected chi connectivity index (χ4v) is 4.14. The molecule has 0 aliphatic rings. The monoisotopic (exact) mass is 496 g/mol. The lowest BCUT2D eigenvalue weighted by Gasteiger charge is -2.13. The molecule has 4 rings (SSSR count). The first-order valence-electron chi connectivity index (χ1n) is 10.4. The van der Waals surface area contributed by atoms with E-state index in [4.69, 9.17) is 0 Å². The first-order chi connectivity index (χ1) is 16.7. The minimum atomic E-state index is -4.54. The van der Waals surface area contributed by atoms with Crippen LogP contribution in [0, 0.1) is 6.92 Å². The smallest absolute Gasteiger partial charge is 0.272 e. The van der Waals surface area contributed by atoms with Gasteiger partial charge in [0.1, 0.15) is 0 Å². The van der Waals surface area contributed by atoms with Crippen LogP contribution >= 0.6 is 11.8 Å². The molecule has 0 atom stereocenters. The van der Waals surface area contributed by atoms with Gasteiger partial charge in [0, 0.05) is 5.56 Å². The first kappa shape index (κ1) is 24.2. The number of benzene rings is 3. The number of carbonyl (C=O) groups excluding carboxylic acids is 1. The summed E-state index contributed by atoms with van der Waals surface area (Å²) in [5.74, 6) is -0.719. The summed E-state index contributed by atoms with van der Waals surface area (Å²) < 4.78 is 40.7. The summed E-state index contributed by atoms with van der Waals surface area (Å²) in [4.78, 5) is 30.1. The summed E-state index contributed by atoms with van der Waals surface area (Å²) in [5.41, 5.74) is 3.04. The van der Waals surface area contributed by atoms with Crippen LogP contribution in [-0.4, -0.2) is 27.4 Å². The molecule has 1 N–H and O–H groups in total. The van der Waals surface area contributed by atoms with E-state index in [1.807, 2.05) is 19.1 Å². The number of hydrogen-bond donors (Lipinski definition) is 1. The average molecular weight is 497 g/mol. The molecule has 0 fully saturated rings. The highest BCUT2D eigenvalue weighted by Crippen LogP contribution is 2.31. The number of nitrogens with one attached hydrogen (secondary N) is 1. The minimum absolute atomic E-state index is 0.158. The molecule has 1 amide bonds. The molecule has 0 spiro atoms. The van der Waals surface area contributed by atoms with Crippen molar-refractivity contribution in [3.05, 3.63) is 99.8 Å². The fraction of sp³-hybridized carbons (Fsp3) is 0.120. The summed E-state index contributed by atoms with van der Waals surface area (Å²) >= 11 is 1.02. The summed E-state index contributed by atoms with van der Waals surface area (Å²) in [6, 6.07) is 19.1. The summed E-state index contributed by atoms with van der Waals surface area (Å²) in [7, 11) is 0. The minimum Gasteiger partial charge on any atom is -0.272 e. The normalized spacial score (nSPS) is 11.8. The van der Waals surface area contributed by atoms with Gasteiger partial charge in [0.05, 0.1) is 34.1 Å². The van der Waals surface area contributed by atoms with E-state index in [1.54, 1.807) is 36.4 Å². The highest BCUT2D eigenvalue weighted by molar-refractivity contribution is 7.99. The van der Waals surface area contributed by atoms with Crippen LogP contribution in [0.15, 0.2) is 87.8 Å². The molecule has 0 saturated carbocycles. The van der Waals surface area contributed by atoms with Crippen molar-refractivity contribution in [2.45, 2.75) is 18.3 Å². The molecular weight excluding hydrogens is 477 g/mol. The van der Waals surface area contributed by atoms with Gasteiger partial charge in [-0.15, -0.1) is 0 Å². The number of alkyl halides is 3. The van der Waals surface area contributed by atoms with Crippen molar-refractivity contribution in [3.8, 4) is 5.69 Å². The number of rotatable bonds is 6. The van der Waals surface area contributed by atoms with E-state index in [-0.39, 0.29) is 16.9 Å². The number of hydrazone groups is 1. The Labute approximate surface area is 202 Å². The Hall–Kier alpha value is -3.92. The number of aromatic nitrogens is 2.